The van der Waals surface area contributed by atoms with E-state index in [0.717, 1.165) is 64.2 Å². The van der Waals surface area contributed by atoms with Crippen LogP contribution in [0.25, 0.3) is 0 Å². The van der Waals surface area contributed by atoms with Crippen LogP contribution in [0.5, 0.6) is 0 Å². The summed E-state index contributed by atoms with van der Waals surface area (Å²) in [7, 11) is 0. The molecule has 3 saturated heterocycles. The molecule has 3 rings (SSSR count). The van der Waals surface area contributed by atoms with Crippen LogP contribution < -0.4 is 5.32 Å². The minimum atomic E-state index is -1.98. The van der Waals surface area contributed by atoms with Crippen LogP contribution in [0.3, 0.4) is 0 Å². The molecule has 72 heavy (non-hydrogen) atoms. The molecule has 19 heteroatoms. The molecular formula is C53H97NO18. The maximum absolute atomic E-state index is 13.2. The summed E-state index contributed by atoms with van der Waals surface area (Å²) < 4.78 is 34.1. The maximum atomic E-state index is 13.2. The predicted molar refractivity (Wildman–Crippen MR) is 268 cm³/mol. The molecule has 19 nitrogen and oxygen atoms in total. The van der Waals surface area contributed by atoms with Gasteiger partial charge in [-0.3, -0.25) is 4.79 Å². The number of carbonyl (C=O) groups excluding carboxylic acids is 1. The highest BCUT2D eigenvalue weighted by Gasteiger charge is 2.53. The van der Waals surface area contributed by atoms with Gasteiger partial charge in [0.05, 0.1) is 38.6 Å². The van der Waals surface area contributed by atoms with E-state index in [4.69, 9.17) is 28.4 Å². The Morgan fingerprint density at radius 2 is 0.875 bits per heavy atom. The fourth-order valence-corrected chi connectivity index (χ4v) is 9.36. The third-order valence-electron chi connectivity index (χ3n) is 14.0. The molecule has 17 atom stereocenters. The van der Waals surface area contributed by atoms with Gasteiger partial charge in [-0.15, -0.1) is 0 Å². The molecule has 3 aliphatic heterocycles. The first-order valence-corrected chi connectivity index (χ1v) is 27.6. The minimum Gasteiger partial charge on any atom is -0.394 e. The second-order valence-corrected chi connectivity index (χ2v) is 20.0. The molecule has 0 aliphatic carbocycles. The van der Waals surface area contributed by atoms with Crippen LogP contribution in [0.4, 0.5) is 0 Å². The highest BCUT2D eigenvalue weighted by Crippen LogP contribution is 2.33. The van der Waals surface area contributed by atoms with Crippen molar-refractivity contribution in [2.45, 2.75) is 279 Å². The number of allylic oxidation sites excluding steroid dienone is 3. The van der Waals surface area contributed by atoms with Crippen LogP contribution in [0.1, 0.15) is 174 Å². The lowest BCUT2D eigenvalue weighted by Gasteiger charge is -2.48. The smallest absolute Gasteiger partial charge is 0.220 e. The van der Waals surface area contributed by atoms with E-state index in [1.165, 1.54) is 83.5 Å². The van der Waals surface area contributed by atoms with Gasteiger partial charge >= 0.3 is 0 Å². The molecule has 3 heterocycles. The summed E-state index contributed by atoms with van der Waals surface area (Å²) in [4.78, 5) is 13.2. The van der Waals surface area contributed by atoms with Crippen LogP contribution in [0.15, 0.2) is 24.3 Å². The Bertz CT molecular complexity index is 1430. The molecule has 12 N–H and O–H groups in total. The molecule has 3 fully saturated rings. The summed E-state index contributed by atoms with van der Waals surface area (Å²) in [5, 5.41) is 120. The van der Waals surface area contributed by atoms with Gasteiger partial charge < -0.3 is 89.9 Å². The fourth-order valence-electron chi connectivity index (χ4n) is 9.36. The number of aliphatic hydroxyl groups excluding tert-OH is 11. The third kappa shape index (κ3) is 22.9. The summed E-state index contributed by atoms with van der Waals surface area (Å²) in [6, 6.07) is -0.972. The van der Waals surface area contributed by atoms with Crippen molar-refractivity contribution in [1.82, 2.24) is 5.32 Å². The molecule has 0 saturated carbocycles. The van der Waals surface area contributed by atoms with Crippen LogP contribution in [0.2, 0.25) is 0 Å². The second kappa shape index (κ2) is 37.9. The largest absolute Gasteiger partial charge is 0.394 e. The lowest BCUT2D eigenvalue weighted by molar-refractivity contribution is -0.379. The van der Waals surface area contributed by atoms with Crippen molar-refractivity contribution in [2.75, 3.05) is 26.4 Å². The first kappa shape index (κ1) is 64.6. The molecule has 3 aliphatic rings. The van der Waals surface area contributed by atoms with Gasteiger partial charge in [-0.2, -0.15) is 0 Å². The molecule has 0 aromatic heterocycles. The van der Waals surface area contributed by atoms with Crippen molar-refractivity contribution in [3.63, 3.8) is 0 Å². The highest BCUT2D eigenvalue weighted by atomic mass is 16.8. The first-order chi connectivity index (χ1) is 34.8. The summed E-state index contributed by atoms with van der Waals surface area (Å²) in [5.74, 6) is -0.287. The quantitative estimate of drug-likeness (QED) is 0.0311. The molecule has 1 amide bonds. The topological polar surface area (TPSA) is 307 Å². The lowest BCUT2D eigenvalue weighted by Crippen LogP contribution is -2.66. The monoisotopic (exact) mass is 1040 g/mol. The summed E-state index contributed by atoms with van der Waals surface area (Å²) in [6.45, 7) is 1.66. The third-order valence-corrected chi connectivity index (χ3v) is 14.0. The SMILES string of the molecule is CCCCC/C=C\CCCCCCCC(=O)NC(COC1OC(CO)C(OC2OC(CO)C(OC3OC(CO)C(O)C(O)C3O)C(O)C2O)C(O)C1O)C(O)/C=C/CCCCCCCCCCCCCCC. The van der Waals surface area contributed by atoms with Crippen molar-refractivity contribution in [3.05, 3.63) is 24.3 Å². The molecular weight excluding hydrogens is 939 g/mol. The number of ether oxygens (including phenoxy) is 6. The molecule has 0 radical (unpaired) electrons. The number of hydrogen-bond donors (Lipinski definition) is 12. The summed E-state index contributed by atoms with van der Waals surface area (Å²) >= 11 is 0. The van der Waals surface area contributed by atoms with Crippen molar-refractivity contribution in [3.8, 4) is 0 Å². The zero-order valence-electron chi connectivity index (χ0n) is 43.4. The summed E-state index contributed by atoms with van der Waals surface area (Å²) in [5.41, 5.74) is 0. The van der Waals surface area contributed by atoms with Crippen molar-refractivity contribution in [1.29, 1.82) is 0 Å². The number of amides is 1. The molecule has 0 spiro atoms. The molecule has 0 aromatic carbocycles. The highest BCUT2D eigenvalue weighted by molar-refractivity contribution is 5.76. The van der Waals surface area contributed by atoms with Gasteiger partial charge in [-0.05, 0) is 44.9 Å². The minimum absolute atomic E-state index is 0.234. The van der Waals surface area contributed by atoms with Crippen LogP contribution >= 0.6 is 0 Å². The number of hydrogen-bond acceptors (Lipinski definition) is 18. The Labute approximate surface area is 428 Å². The van der Waals surface area contributed by atoms with E-state index in [2.05, 4.69) is 31.3 Å². The molecule has 17 unspecified atom stereocenters. The number of carbonyl (C=O) groups is 1. The average Bonchev–Trinajstić information content (AvgIpc) is 3.37. The summed E-state index contributed by atoms with van der Waals surface area (Å²) in [6.07, 6.45) is 8.85. The maximum Gasteiger partial charge on any atom is 0.220 e. The van der Waals surface area contributed by atoms with Crippen LogP contribution in [-0.4, -0.2) is 193 Å². The van der Waals surface area contributed by atoms with E-state index in [1.807, 2.05) is 6.08 Å². The average molecular weight is 1040 g/mol. The van der Waals surface area contributed by atoms with Crippen molar-refractivity contribution < 1.29 is 89.4 Å². The second-order valence-electron chi connectivity index (χ2n) is 20.0. The predicted octanol–water partition coefficient (Wildman–Crippen LogP) is 3.20. The number of unbranched alkanes of at least 4 members (excludes halogenated alkanes) is 21. The molecule has 0 bridgehead atoms. The van der Waals surface area contributed by atoms with Gasteiger partial charge in [0.2, 0.25) is 5.91 Å². The number of nitrogens with one attached hydrogen (secondary N) is 1. The number of rotatable bonds is 39. The normalized spacial score (nSPS) is 32.2. The van der Waals surface area contributed by atoms with Gasteiger partial charge in [0.25, 0.3) is 0 Å². The van der Waals surface area contributed by atoms with Gasteiger partial charge in [-0.25, -0.2) is 0 Å². The Morgan fingerprint density at radius 3 is 1.38 bits per heavy atom. The van der Waals surface area contributed by atoms with E-state index in [9.17, 15) is 61.0 Å². The fraction of sp³-hybridized carbons (Fsp3) is 0.906. The molecule has 0 aromatic rings. The zero-order chi connectivity index (χ0) is 52.7. The van der Waals surface area contributed by atoms with E-state index in [-0.39, 0.29) is 18.9 Å². The van der Waals surface area contributed by atoms with E-state index < -0.39 is 124 Å². The van der Waals surface area contributed by atoms with Gasteiger partial charge in [0.1, 0.15) is 73.2 Å². The van der Waals surface area contributed by atoms with Crippen molar-refractivity contribution >= 4 is 5.91 Å². The van der Waals surface area contributed by atoms with Gasteiger partial charge in [0, 0.05) is 6.42 Å². The van der Waals surface area contributed by atoms with E-state index >= 15 is 0 Å². The van der Waals surface area contributed by atoms with E-state index in [1.54, 1.807) is 6.08 Å². The first-order valence-electron chi connectivity index (χ1n) is 27.6. The number of aliphatic hydroxyl groups is 11. The van der Waals surface area contributed by atoms with Crippen molar-refractivity contribution in [2.24, 2.45) is 0 Å². The standard InChI is InChI=1S/C53H97NO18/c1-3-5-7-9-11-13-15-17-18-19-20-22-24-26-28-30-37(58)36(54-41(59)31-29-27-25-23-21-16-14-12-10-8-6-4-2)35-67-51-47(65)44(62)49(39(33-56)69-51)72-53-48(66)45(63)50(40(34-57)70-53)71-52-46(64)43(61)42(60)38(32-55)68-52/h12,14,28,30,36-40,42-53,55-58,60-66H,3-11,13,15-27,29,31-35H2,1-2H3,(H,54,59)/b14-12-,30-28+. The van der Waals surface area contributed by atoms with E-state index in [0.29, 0.717) is 6.42 Å². The Morgan fingerprint density at radius 1 is 0.486 bits per heavy atom. The zero-order valence-corrected chi connectivity index (χ0v) is 43.4. The Balaban J connectivity index is 1.55. The van der Waals surface area contributed by atoms with Gasteiger partial charge in [-0.1, -0.05) is 147 Å². The Hall–Kier alpha value is -1.73. The lowest BCUT2D eigenvalue weighted by atomic mass is 9.96. The van der Waals surface area contributed by atoms with Gasteiger partial charge in [0.15, 0.2) is 18.9 Å². The van der Waals surface area contributed by atoms with Crippen LogP contribution in [0, 0.1) is 0 Å². The molecule has 422 valence electrons. The van der Waals surface area contributed by atoms with Crippen LogP contribution in [-0.2, 0) is 33.2 Å². The Kier molecular flexibility index (Phi) is 34.0.